The number of carbonyl (C=O) groups is 1. The van der Waals surface area contributed by atoms with E-state index in [1.54, 1.807) is 26.4 Å². The van der Waals surface area contributed by atoms with Crippen molar-refractivity contribution in [1.29, 1.82) is 0 Å². The van der Waals surface area contributed by atoms with Gasteiger partial charge in [0.25, 0.3) is 0 Å². The second-order valence-electron chi connectivity index (χ2n) is 6.41. The molecule has 1 fully saturated rings. The number of anilines is 1. The van der Waals surface area contributed by atoms with Crippen LogP contribution in [0, 0.1) is 0 Å². The molecule has 1 amide bonds. The molecule has 6 heteroatoms. The molecule has 0 aliphatic carbocycles. The van der Waals surface area contributed by atoms with E-state index >= 15 is 0 Å². The van der Waals surface area contributed by atoms with Crippen molar-refractivity contribution >= 4 is 17.7 Å². The van der Waals surface area contributed by atoms with Gasteiger partial charge in [-0.15, -0.1) is 0 Å². The molecule has 1 aliphatic rings. The number of nitrogens with one attached hydrogen (secondary N) is 1. The molecule has 1 saturated heterocycles. The minimum atomic E-state index is -0.220. The van der Waals surface area contributed by atoms with Gasteiger partial charge in [0, 0.05) is 18.4 Å². The number of hydrogen-bond acceptors (Lipinski definition) is 5. The van der Waals surface area contributed by atoms with E-state index in [9.17, 15) is 4.79 Å². The van der Waals surface area contributed by atoms with Crippen LogP contribution in [-0.4, -0.2) is 39.4 Å². The summed E-state index contributed by atoms with van der Waals surface area (Å²) in [5.74, 6) is 1.80. The molecule has 0 spiro atoms. The first kappa shape index (κ1) is 19.8. The summed E-state index contributed by atoms with van der Waals surface area (Å²) in [7, 11) is 3.16. The highest BCUT2D eigenvalue weighted by atomic mass is 16.5. The lowest BCUT2D eigenvalue weighted by molar-refractivity contribution is -0.111. The summed E-state index contributed by atoms with van der Waals surface area (Å²) < 4.78 is 21.7. The highest BCUT2D eigenvalue weighted by molar-refractivity contribution is 6.01. The maximum absolute atomic E-state index is 12.1. The average Bonchev–Trinajstić information content (AvgIpc) is 3.25. The van der Waals surface area contributed by atoms with E-state index < -0.39 is 0 Å². The van der Waals surface area contributed by atoms with E-state index in [2.05, 4.69) is 5.32 Å². The van der Waals surface area contributed by atoms with E-state index in [-0.39, 0.29) is 12.0 Å². The number of hydrogen-bond donors (Lipinski definition) is 1. The summed E-state index contributed by atoms with van der Waals surface area (Å²) >= 11 is 0. The lowest BCUT2D eigenvalue weighted by Gasteiger charge is -2.11. The molecule has 1 atom stereocenters. The topological polar surface area (TPSA) is 66.0 Å². The highest BCUT2D eigenvalue weighted by Crippen LogP contribution is 2.28. The van der Waals surface area contributed by atoms with Gasteiger partial charge in [-0.1, -0.05) is 6.07 Å². The van der Waals surface area contributed by atoms with Gasteiger partial charge in [-0.25, -0.2) is 0 Å². The Morgan fingerprint density at radius 2 is 1.93 bits per heavy atom. The van der Waals surface area contributed by atoms with Gasteiger partial charge in [0.15, 0.2) is 11.5 Å². The molecule has 2 aromatic carbocycles. The van der Waals surface area contributed by atoms with Crippen LogP contribution in [0.1, 0.15) is 18.4 Å². The first-order chi connectivity index (χ1) is 13.7. The molecule has 6 nitrogen and oxygen atoms in total. The van der Waals surface area contributed by atoms with Crippen molar-refractivity contribution in [2.75, 3.05) is 32.8 Å². The summed E-state index contributed by atoms with van der Waals surface area (Å²) in [6, 6.07) is 12.8. The van der Waals surface area contributed by atoms with Crippen molar-refractivity contribution in [3.63, 3.8) is 0 Å². The summed E-state index contributed by atoms with van der Waals surface area (Å²) in [6.07, 6.45) is 5.51. The molecular formula is C22H25NO5. The molecule has 1 aliphatic heterocycles. The van der Waals surface area contributed by atoms with E-state index in [4.69, 9.17) is 18.9 Å². The van der Waals surface area contributed by atoms with Crippen molar-refractivity contribution in [3.05, 3.63) is 54.1 Å². The minimum absolute atomic E-state index is 0.182. The van der Waals surface area contributed by atoms with E-state index in [1.165, 1.54) is 6.08 Å². The Morgan fingerprint density at radius 1 is 1.14 bits per heavy atom. The summed E-state index contributed by atoms with van der Waals surface area (Å²) in [4.78, 5) is 12.1. The second kappa shape index (κ2) is 9.80. The smallest absolute Gasteiger partial charge is 0.248 e. The fraction of sp³-hybridized carbons (Fsp3) is 0.318. The zero-order chi connectivity index (χ0) is 19.8. The van der Waals surface area contributed by atoms with Gasteiger partial charge >= 0.3 is 0 Å². The molecule has 0 bridgehead atoms. The molecule has 28 heavy (non-hydrogen) atoms. The van der Waals surface area contributed by atoms with Crippen LogP contribution >= 0.6 is 0 Å². The fourth-order valence-corrected chi connectivity index (χ4v) is 2.91. The molecule has 0 radical (unpaired) electrons. The van der Waals surface area contributed by atoms with Crippen molar-refractivity contribution in [3.8, 4) is 17.2 Å². The molecule has 0 saturated carbocycles. The molecular weight excluding hydrogens is 358 g/mol. The van der Waals surface area contributed by atoms with Gasteiger partial charge in [0.1, 0.15) is 12.4 Å². The Hall–Kier alpha value is -2.99. The average molecular weight is 383 g/mol. The molecule has 2 aromatic rings. The largest absolute Gasteiger partial charge is 0.493 e. The van der Waals surface area contributed by atoms with Crippen LogP contribution in [0.4, 0.5) is 5.69 Å². The van der Waals surface area contributed by atoms with E-state index in [1.807, 2.05) is 36.4 Å². The fourth-order valence-electron chi connectivity index (χ4n) is 2.91. The highest BCUT2D eigenvalue weighted by Gasteiger charge is 2.15. The van der Waals surface area contributed by atoms with Gasteiger partial charge in [-0.05, 0) is 60.9 Å². The lowest BCUT2D eigenvalue weighted by Crippen LogP contribution is -2.16. The van der Waals surface area contributed by atoms with Gasteiger partial charge in [-0.3, -0.25) is 4.79 Å². The van der Waals surface area contributed by atoms with Gasteiger partial charge in [-0.2, -0.15) is 0 Å². The Kier molecular flexibility index (Phi) is 6.92. The monoisotopic (exact) mass is 383 g/mol. The van der Waals surface area contributed by atoms with Gasteiger partial charge < -0.3 is 24.3 Å². The predicted molar refractivity (Wildman–Crippen MR) is 108 cm³/mol. The second-order valence-corrected chi connectivity index (χ2v) is 6.41. The number of benzene rings is 2. The van der Waals surface area contributed by atoms with Gasteiger partial charge in [0.05, 0.1) is 20.3 Å². The Morgan fingerprint density at radius 3 is 2.61 bits per heavy atom. The van der Waals surface area contributed by atoms with Crippen LogP contribution in [0.2, 0.25) is 0 Å². The molecule has 0 unspecified atom stereocenters. The van der Waals surface area contributed by atoms with Crippen LogP contribution in [-0.2, 0) is 9.53 Å². The third kappa shape index (κ3) is 5.50. The van der Waals surface area contributed by atoms with Crippen molar-refractivity contribution in [2.24, 2.45) is 0 Å². The zero-order valence-electron chi connectivity index (χ0n) is 16.1. The summed E-state index contributed by atoms with van der Waals surface area (Å²) in [6.45, 7) is 1.37. The SMILES string of the molecule is COc1ccc(/C=C/C(=O)Nc2ccc(OC[C@H]3CCCO3)cc2)cc1OC. The van der Waals surface area contributed by atoms with Crippen LogP contribution in [0.15, 0.2) is 48.5 Å². The molecule has 3 rings (SSSR count). The minimum Gasteiger partial charge on any atom is -0.493 e. The number of carbonyl (C=O) groups excluding carboxylic acids is 1. The molecule has 0 aromatic heterocycles. The van der Waals surface area contributed by atoms with Crippen molar-refractivity contribution < 1.29 is 23.7 Å². The molecule has 1 heterocycles. The van der Waals surface area contributed by atoms with E-state index in [0.717, 1.165) is 30.8 Å². The van der Waals surface area contributed by atoms with Crippen molar-refractivity contribution in [2.45, 2.75) is 18.9 Å². The lowest BCUT2D eigenvalue weighted by atomic mass is 10.2. The predicted octanol–water partition coefficient (Wildman–Crippen LogP) is 3.91. The quantitative estimate of drug-likeness (QED) is 0.700. The molecule has 148 valence electrons. The zero-order valence-corrected chi connectivity index (χ0v) is 16.1. The Labute approximate surface area is 165 Å². The van der Waals surface area contributed by atoms with Crippen molar-refractivity contribution in [1.82, 2.24) is 0 Å². The number of ether oxygens (including phenoxy) is 4. The van der Waals surface area contributed by atoms with Crippen LogP contribution in [0.3, 0.4) is 0 Å². The Bertz CT molecular complexity index is 810. The first-order valence-electron chi connectivity index (χ1n) is 9.23. The third-order valence-electron chi connectivity index (χ3n) is 4.42. The van der Waals surface area contributed by atoms with Crippen LogP contribution in [0.5, 0.6) is 17.2 Å². The van der Waals surface area contributed by atoms with Gasteiger partial charge in [0.2, 0.25) is 5.91 Å². The normalized spacial score (nSPS) is 16.1. The Balaban J connectivity index is 1.52. The maximum Gasteiger partial charge on any atom is 0.248 e. The van der Waals surface area contributed by atoms with Crippen LogP contribution < -0.4 is 19.5 Å². The summed E-state index contributed by atoms with van der Waals surface area (Å²) in [5, 5.41) is 2.83. The number of amides is 1. The first-order valence-corrected chi connectivity index (χ1v) is 9.23. The molecule has 1 N–H and O–H groups in total. The van der Waals surface area contributed by atoms with E-state index in [0.29, 0.717) is 23.8 Å². The van der Waals surface area contributed by atoms with Crippen LogP contribution in [0.25, 0.3) is 6.08 Å². The number of rotatable bonds is 8. The number of methoxy groups -OCH3 is 2. The third-order valence-corrected chi connectivity index (χ3v) is 4.42. The standard InChI is InChI=1S/C22H25NO5/c1-25-20-11-5-16(14-21(20)26-2)6-12-22(24)23-17-7-9-18(10-8-17)28-15-19-4-3-13-27-19/h5-12,14,19H,3-4,13,15H2,1-2H3,(H,23,24)/b12-6+/t19-/m1/s1. The maximum atomic E-state index is 12.1. The summed E-state index contributed by atoms with van der Waals surface area (Å²) in [5.41, 5.74) is 1.54.